The van der Waals surface area contributed by atoms with Gasteiger partial charge in [-0.15, -0.1) is 0 Å². The van der Waals surface area contributed by atoms with Crippen LogP contribution in [-0.4, -0.2) is 32.1 Å². The molecule has 0 amide bonds. The first-order chi connectivity index (χ1) is 10.1. The van der Waals surface area contributed by atoms with Gasteiger partial charge >= 0.3 is 5.97 Å². The van der Waals surface area contributed by atoms with Crippen molar-refractivity contribution in [3.05, 3.63) is 29.1 Å². The molecule has 1 atom stereocenters. The van der Waals surface area contributed by atoms with Crippen LogP contribution < -0.4 is 0 Å². The van der Waals surface area contributed by atoms with E-state index in [1.165, 1.54) is 16.9 Å². The number of aromatic nitrogens is 2. The lowest BCUT2D eigenvalue weighted by atomic mass is 10.1. The van der Waals surface area contributed by atoms with Crippen molar-refractivity contribution in [3.8, 4) is 0 Å². The Labute approximate surface area is 128 Å². The molecule has 0 radical (unpaired) electrons. The molecule has 1 aromatic carbocycles. The van der Waals surface area contributed by atoms with Crippen LogP contribution in [0.25, 0.3) is 11.0 Å². The van der Waals surface area contributed by atoms with Gasteiger partial charge in [0.1, 0.15) is 5.82 Å². The average Bonchev–Trinajstić information content (AvgIpc) is 3.04. The lowest BCUT2D eigenvalue weighted by Crippen LogP contribution is -2.11. The van der Waals surface area contributed by atoms with Crippen molar-refractivity contribution in [2.45, 2.75) is 39.2 Å². The first kappa shape index (κ1) is 14.4. The largest absolute Gasteiger partial charge is 0.481 e. The Morgan fingerprint density at radius 1 is 1.43 bits per heavy atom. The van der Waals surface area contributed by atoms with E-state index in [0.29, 0.717) is 12.5 Å². The van der Waals surface area contributed by atoms with Crippen LogP contribution in [0.2, 0.25) is 0 Å². The summed E-state index contributed by atoms with van der Waals surface area (Å²) in [6, 6.07) is 4.26. The molecular weight excluding hydrogens is 284 g/mol. The van der Waals surface area contributed by atoms with Crippen molar-refractivity contribution >= 4 is 28.8 Å². The van der Waals surface area contributed by atoms with Crippen LogP contribution in [0.1, 0.15) is 35.7 Å². The van der Waals surface area contributed by atoms with E-state index in [1.807, 2.05) is 11.8 Å². The fourth-order valence-electron chi connectivity index (χ4n) is 2.89. The molecule has 3 rings (SSSR count). The van der Waals surface area contributed by atoms with Crippen molar-refractivity contribution in [1.29, 1.82) is 0 Å². The van der Waals surface area contributed by atoms with Gasteiger partial charge in [0.05, 0.1) is 17.5 Å². The van der Waals surface area contributed by atoms with Crippen LogP contribution >= 0.6 is 11.8 Å². The normalized spacial score (nSPS) is 18.5. The van der Waals surface area contributed by atoms with Crippen LogP contribution in [-0.2, 0) is 11.3 Å². The lowest BCUT2D eigenvalue weighted by Gasteiger charge is -2.12. The zero-order chi connectivity index (χ0) is 15.0. The molecule has 1 fully saturated rings. The number of carbonyl (C=O) groups is 1. The fourth-order valence-corrected chi connectivity index (χ4v) is 4.11. The van der Waals surface area contributed by atoms with E-state index < -0.39 is 5.97 Å². The molecule has 2 heterocycles. The van der Waals surface area contributed by atoms with Gasteiger partial charge in [-0.3, -0.25) is 4.79 Å². The third-order valence-electron chi connectivity index (χ3n) is 4.24. The Balaban J connectivity index is 2.10. The SMILES string of the molecule is Cc1cc2nc(C3CCSC3)n(CCC(=O)O)c2cc1C. The smallest absolute Gasteiger partial charge is 0.305 e. The lowest BCUT2D eigenvalue weighted by molar-refractivity contribution is -0.137. The zero-order valence-electron chi connectivity index (χ0n) is 12.4. The number of thioether (sulfide) groups is 1. The van der Waals surface area contributed by atoms with Crippen molar-refractivity contribution in [1.82, 2.24) is 9.55 Å². The number of aliphatic carboxylic acids is 1. The van der Waals surface area contributed by atoms with Gasteiger partial charge in [-0.05, 0) is 49.3 Å². The summed E-state index contributed by atoms with van der Waals surface area (Å²) in [5.41, 5.74) is 4.53. The summed E-state index contributed by atoms with van der Waals surface area (Å²) >= 11 is 1.96. The molecule has 1 unspecified atom stereocenters. The van der Waals surface area contributed by atoms with Gasteiger partial charge in [-0.1, -0.05) is 0 Å². The van der Waals surface area contributed by atoms with Crippen molar-refractivity contribution in [2.75, 3.05) is 11.5 Å². The van der Waals surface area contributed by atoms with Crippen LogP contribution in [0.3, 0.4) is 0 Å². The number of benzene rings is 1. The zero-order valence-corrected chi connectivity index (χ0v) is 13.2. The van der Waals surface area contributed by atoms with Crippen molar-refractivity contribution < 1.29 is 9.90 Å². The quantitative estimate of drug-likeness (QED) is 0.941. The average molecular weight is 304 g/mol. The van der Waals surface area contributed by atoms with Crippen molar-refractivity contribution in [2.24, 2.45) is 0 Å². The molecule has 1 N–H and O–H groups in total. The molecule has 0 spiro atoms. The summed E-state index contributed by atoms with van der Waals surface area (Å²) in [6.45, 7) is 4.69. The van der Waals surface area contributed by atoms with Gasteiger partial charge in [-0.2, -0.15) is 11.8 Å². The molecule has 2 aromatic rings. The number of rotatable bonds is 4. The molecule has 5 heteroatoms. The summed E-state index contributed by atoms with van der Waals surface area (Å²) in [6.07, 6.45) is 1.28. The maximum absolute atomic E-state index is 10.9. The van der Waals surface area contributed by atoms with Gasteiger partial charge in [0.25, 0.3) is 0 Å². The second-order valence-corrected chi connectivity index (χ2v) is 6.90. The van der Waals surface area contributed by atoms with Gasteiger partial charge in [-0.25, -0.2) is 4.98 Å². The van der Waals surface area contributed by atoms with Crippen molar-refractivity contribution in [3.63, 3.8) is 0 Å². The topological polar surface area (TPSA) is 55.1 Å². The highest BCUT2D eigenvalue weighted by Gasteiger charge is 2.24. The number of carboxylic acid groups (broad SMARTS) is 1. The van der Waals surface area contributed by atoms with Crippen LogP contribution in [0.15, 0.2) is 12.1 Å². The number of hydrogen-bond donors (Lipinski definition) is 1. The summed E-state index contributed by atoms with van der Waals surface area (Å²) in [5, 5.41) is 9.00. The first-order valence-electron chi connectivity index (χ1n) is 7.33. The maximum Gasteiger partial charge on any atom is 0.305 e. The number of nitrogens with zero attached hydrogens (tertiary/aromatic N) is 2. The Morgan fingerprint density at radius 2 is 2.19 bits per heavy atom. The van der Waals surface area contributed by atoms with E-state index in [9.17, 15) is 4.79 Å². The summed E-state index contributed by atoms with van der Waals surface area (Å²) in [5.74, 6) is 3.03. The third kappa shape index (κ3) is 2.79. The predicted molar refractivity (Wildman–Crippen MR) is 86.1 cm³/mol. The van der Waals surface area contributed by atoms with Crippen LogP contribution in [0.4, 0.5) is 0 Å². The molecule has 1 saturated heterocycles. The molecular formula is C16H20N2O2S. The van der Waals surface area contributed by atoms with E-state index in [2.05, 4.69) is 30.5 Å². The molecule has 112 valence electrons. The molecule has 0 bridgehead atoms. The highest BCUT2D eigenvalue weighted by Crippen LogP contribution is 2.34. The molecule has 21 heavy (non-hydrogen) atoms. The molecule has 1 aromatic heterocycles. The molecule has 4 nitrogen and oxygen atoms in total. The Hall–Kier alpha value is -1.49. The van der Waals surface area contributed by atoms with Gasteiger partial charge in [0, 0.05) is 18.2 Å². The highest BCUT2D eigenvalue weighted by molar-refractivity contribution is 7.99. The van der Waals surface area contributed by atoms with Gasteiger partial charge in [0.15, 0.2) is 0 Å². The molecule has 1 aliphatic rings. The molecule has 0 saturated carbocycles. The van der Waals surface area contributed by atoms with Gasteiger partial charge < -0.3 is 9.67 Å². The second kappa shape index (κ2) is 5.72. The van der Waals surface area contributed by atoms with E-state index in [0.717, 1.165) is 29.0 Å². The maximum atomic E-state index is 10.9. The summed E-state index contributed by atoms with van der Waals surface area (Å²) in [4.78, 5) is 15.8. The number of aryl methyl sites for hydroxylation is 3. The fraction of sp³-hybridized carbons (Fsp3) is 0.500. The van der Waals surface area contributed by atoms with Gasteiger partial charge in [0.2, 0.25) is 0 Å². The summed E-state index contributed by atoms with van der Waals surface area (Å²) < 4.78 is 2.13. The number of imidazole rings is 1. The number of hydrogen-bond acceptors (Lipinski definition) is 3. The minimum Gasteiger partial charge on any atom is -0.481 e. The third-order valence-corrected chi connectivity index (χ3v) is 5.40. The highest BCUT2D eigenvalue weighted by atomic mass is 32.2. The second-order valence-electron chi connectivity index (χ2n) is 5.75. The Kier molecular flexibility index (Phi) is 3.93. The predicted octanol–water partition coefficient (Wildman–Crippen LogP) is 3.35. The van der Waals surface area contributed by atoms with E-state index in [-0.39, 0.29) is 6.42 Å². The molecule has 1 aliphatic heterocycles. The Morgan fingerprint density at radius 3 is 2.86 bits per heavy atom. The number of carboxylic acids is 1. The Bertz CT molecular complexity index is 687. The molecule has 0 aliphatic carbocycles. The standard InChI is InChI=1S/C16H20N2O2S/c1-10-7-13-14(8-11(10)2)18(5-3-15(19)20)16(17-13)12-4-6-21-9-12/h7-8,12H,3-6,9H2,1-2H3,(H,19,20). The van der Waals surface area contributed by atoms with Crippen LogP contribution in [0, 0.1) is 13.8 Å². The first-order valence-corrected chi connectivity index (χ1v) is 8.48. The number of fused-ring (bicyclic) bond motifs is 1. The van der Waals surface area contributed by atoms with Crippen LogP contribution in [0.5, 0.6) is 0 Å². The minimum absolute atomic E-state index is 0.144. The minimum atomic E-state index is -0.757. The van der Waals surface area contributed by atoms with E-state index in [4.69, 9.17) is 10.1 Å². The monoisotopic (exact) mass is 304 g/mol. The van der Waals surface area contributed by atoms with E-state index in [1.54, 1.807) is 0 Å². The summed E-state index contributed by atoms with van der Waals surface area (Å²) in [7, 11) is 0. The van der Waals surface area contributed by atoms with E-state index >= 15 is 0 Å².